The first-order valence-electron chi connectivity index (χ1n) is 6.48. The Morgan fingerprint density at radius 1 is 0.958 bits per heavy atom. The molecule has 0 fully saturated rings. The van der Waals surface area contributed by atoms with Crippen LogP contribution in [0.5, 0.6) is 0 Å². The van der Waals surface area contributed by atoms with Crippen LogP contribution in [0, 0.1) is 5.92 Å². The monoisotopic (exact) mass is 374 g/mol. The highest BCUT2D eigenvalue weighted by Gasteiger charge is 2.79. The quantitative estimate of drug-likeness (QED) is 0.353. The molecule has 24 heavy (non-hydrogen) atoms. The first-order chi connectivity index (χ1) is 10.7. The standard InChI is InChI=1S/C12H14F8O4/c1-3-6(2)7(21)23-4-5-24-9(22)11(17,18)12(19,20)10(15,16)8(13)14/h6,8H,3-5H2,1-2H3. The van der Waals surface area contributed by atoms with Crippen LogP contribution < -0.4 is 0 Å². The highest BCUT2D eigenvalue weighted by Crippen LogP contribution is 2.48. The van der Waals surface area contributed by atoms with E-state index >= 15 is 0 Å². The number of rotatable bonds is 9. The molecular weight excluding hydrogens is 360 g/mol. The summed E-state index contributed by atoms with van der Waals surface area (Å²) in [5.41, 5.74) is 0. The van der Waals surface area contributed by atoms with Crippen molar-refractivity contribution in [1.29, 1.82) is 0 Å². The molecule has 0 N–H and O–H groups in total. The largest absolute Gasteiger partial charge is 0.462 e. The van der Waals surface area contributed by atoms with Crippen molar-refractivity contribution in [2.24, 2.45) is 5.92 Å². The summed E-state index contributed by atoms with van der Waals surface area (Å²) in [6, 6.07) is 0. The molecule has 1 unspecified atom stereocenters. The highest BCUT2D eigenvalue weighted by atomic mass is 19.4. The van der Waals surface area contributed by atoms with E-state index in [1.54, 1.807) is 6.92 Å². The van der Waals surface area contributed by atoms with Crippen molar-refractivity contribution in [3.8, 4) is 0 Å². The second-order valence-electron chi connectivity index (χ2n) is 4.69. The van der Waals surface area contributed by atoms with Gasteiger partial charge in [0.1, 0.15) is 13.2 Å². The van der Waals surface area contributed by atoms with Gasteiger partial charge in [0.2, 0.25) is 0 Å². The molecule has 142 valence electrons. The molecule has 0 spiro atoms. The zero-order chi connectivity index (χ0) is 19.3. The molecule has 12 heteroatoms. The molecule has 0 aromatic carbocycles. The van der Waals surface area contributed by atoms with Crippen molar-refractivity contribution >= 4 is 11.9 Å². The van der Waals surface area contributed by atoms with Crippen molar-refractivity contribution < 1.29 is 54.2 Å². The van der Waals surface area contributed by atoms with Crippen LogP contribution in [0.4, 0.5) is 35.1 Å². The molecule has 0 aliphatic rings. The molecule has 0 aromatic heterocycles. The second-order valence-corrected chi connectivity index (χ2v) is 4.69. The van der Waals surface area contributed by atoms with E-state index < -0.39 is 55.3 Å². The lowest BCUT2D eigenvalue weighted by Gasteiger charge is -2.30. The summed E-state index contributed by atoms with van der Waals surface area (Å²) in [5, 5.41) is 0. The summed E-state index contributed by atoms with van der Waals surface area (Å²) >= 11 is 0. The molecule has 0 amide bonds. The van der Waals surface area contributed by atoms with Gasteiger partial charge in [-0.15, -0.1) is 0 Å². The number of esters is 2. The fourth-order valence-corrected chi connectivity index (χ4v) is 1.15. The molecule has 0 radical (unpaired) electrons. The van der Waals surface area contributed by atoms with E-state index in [2.05, 4.69) is 9.47 Å². The molecule has 0 heterocycles. The van der Waals surface area contributed by atoms with Gasteiger partial charge in [-0.1, -0.05) is 13.8 Å². The van der Waals surface area contributed by atoms with Crippen molar-refractivity contribution in [2.45, 2.75) is 44.5 Å². The topological polar surface area (TPSA) is 52.6 Å². The Labute approximate surface area is 131 Å². The van der Waals surface area contributed by atoms with Crippen LogP contribution in [0.25, 0.3) is 0 Å². The Morgan fingerprint density at radius 3 is 1.83 bits per heavy atom. The third kappa shape index (κ3) is 4.47. The van der Waals surface area contributed by atoms with Crippen LogP contribution >= 0.6 is 0 Å². The number of hydrogen-bond acceptors (Lipinski definition) is 4. The molecule has 0 saturated carbocycles. The number of hydrogen-bond donors (Lipinski definition) is 0. The maximum Gasteiger partial charge on any atom is 0.410 e. The maximum atomic E-state index is 13.1. The van der Waals surface area contributed by atoms with E-state index in [9.17, 15) is 44.7 Å². The summed E-state index contributed by atoms with van der Waals surface area (Å²) in [5.74, 6) is -23.9. The molecule has 0 saturated heterocycles. The molecule has 0 rings (SSSR count). The number of carbonyl (C=O) groups is 2. The summed E-state index contributed by atoms with van der Waals surface area (Å²) in [4.78, 5) is 22.0. The van der Waals surface area contributed by atoms with Crippen molar-refractivity contribution in [3.05, 3.63) is 0 Å². The van der Waals surface area contributed by atoms with E-state index in [4.69, 9.17) is 0 Å². The molecule has 0 bridgehead atoms. The summed E-state index contributed by atoms with van der Waals surface area (Å²) in [6.45, 7) is 1.13. The fourth-order valence-electron chi connectivity index (χ4n) is 1.15. The predicted octanol–water partition coefficient (Wildman–Crippen LogP) is 3.29. The number of alkyl halides is 8. The highest BCUT2D eigenvalue weighted by molar-refractivity contribution is 5.79. The summed E-state index contributed by atoms with van der Waals surface area (Å²) in [7, 11) is 0. The maximum absolute atomic E-state index is 13.1. The first kappa shape index (κ1) is 22.4. The Bertz CT molecular complexity index is 452. The van der Waals surface area contributed by atoms with Crippen LogP contribution in [0.2, 0.25) is 0 Å². The molecule has 4 nitrogen and oxygen atoms in total. The third-order valence-corrected chi connectivity index (χ3v) is 2.92. The van der Waals surface area contributed by atoms with E-state index in [0.717, 1.165) is 0 Å². The summed E-state index contributed by atoms with van der Waals surface area (Å²) < 4.78 is 109. The van der Waals surface area contributed by atoms with E-state index in [1.807, 2.05) is 0 Å². The van der Waals surface area contributed by atoms with E-state index in [0.29, 0.717) is 6.42 Å². The SMILES string of the molecule is CCC(C)C(=O)OCCOC(=O)C(F)(F)C(F)(F)C(F)(F)C(F)F. The van der Waals surface area contributed by atoms with Gasteiger partial charge in [0, 0.05) is 0 Å². The average molecular weight is 374 g/mol. The van der Waals surface area contributed by atoms with Gasteiger partial charge in [0.05, 0.1) is 5.92 Å². The molecule has 0 aliphatic carbocycles. The minimum absolute atomic E-state index is 0.367. The van der Waals surface area contributed by atoms with Crippen LogP contribution in [0.15, 0.2) is 0 Å². The lowest BCUT2D eigenvalue weighted by Crippen LogP contribution is -2.61. The third-order valence-electron chi connectivity index (χ3n) is 2.92. The van der Waals surface area contributed by atoms with Crippen LogP contribution in [-0.2, 0) is 19.1 Å². The molecule has 0 aliphatic heterocycles. The van der Waals surface area contributed by atoms with Gasteiger partial charge in [-0.2, -0.15) is 26.3 Å². The normalized spacial score (nSPS) is 14.5. The zero-order valence-electron chi connectivity index (χ0n) is 12.4. The Hall–Kier alpha value is -1.62. The molecule has 1 atom stereocenters. The lowest BCUT2D eigenvalue weighted by atomic mass is 10.1. The summed E-state index contributed by atoms with van der Waals surface area (Å²) in [6.07, 6.45) is -4.77. The average Bonchev–Trinajstić information content (AvgIpc) is 2.49. The van der Waals surface area contributed by atoms with Crippen LogP contribution in [-0.4, -0.2) is 49.3 Å². The Balaban J connectivity index is 4.77. The second kappa shape index (κ2) is 7.97. The van der Waals surface area contributed by atoms with Gasteiger partial charge in [0.25, 0.3) is 0 Å². The van der Waals surface area contributed by atoms with Crippen molar-refractivity contribution in [2.75, 3.05) is 13.2 Å². The predicted molar refractivity (Wildman–Crippen MR) is 62.2 cm³/mol. The molecule has 0 aromatic rings. The van der Waals surface area contributed by atoms with Gasteiger partial charge in [-0.05, 0) is 6.42 Å². The lowest BCUT2D eigenvalue weighted by molar-refractivity contribution is -0.332. The first-order valence-corrected chi connectivity index (χ1v) is 6.48. The van der Waals surface area contributed by atoms with Crippen molar-refractivity contribution in [1.82, 2.24) is 0 Å². The van der Waals surface area contributed by atoms with Crippen LogP contribution in [0.3, 0.4) is 0 Å². The van der Waals surface area contributed by atoms with Crippen molar-refractivity contribution in [3.63, 3.8) is 0 Å². The smallest absolute Gasteiger partial charge is 0.410 e. The fraction of sp³-hybridized carbons (Fsp3) is 0.833. The minimum atomic E-state index is -6.68. The minimum Gasteiger partial charge on any atom is -0.462 e. The van der Waals surface area contributed by atoms with E-state index in [1.165, 1.54) is 6.92 Å². The zero-order valence-corrected chi connectivity index (χ0v) is 12.4. The van der Waals surface area contributed by atoms with Gasteiger partial charge in [-0.25, -0.2) is 13.6 Å². The van der Waals surface area contributed by atoms with Gasteiger partial charge < -0.3 is 9.47 Å². The van der Waals surface area contributed by atoms with Crippen LogP contribution in [0.1, 0.15) is 20.3 Å². The van der Waals surface area contributed by atoms with Gasteiger partial charge in [-0.3, -0.25) is 4.79 Å². The Kier molecular flexibility index (Phi) is 7.43. The number of ether oxygens (including phenoxy) is 2. The Morgan fingerprint density at radius 2 is 1.42 bits per heavy atom. The number of halogens is 8. The van der Waals surface area contributed by atoms with E-state index in [-0.39, 0.29) is 0 Å². The van der Waals surface area contributed by atoms with Gasteiger partial charge in [0.15, 0.2) is 0 Å². The molecular formula is C12H14F8O4. The number of carbonyl (C=O) groups excluding carboxylic acids is 2. The van der Waals surface area contributed by atoms with Gasteiger partial charge >= 0.3 is 36.1 Å².